The van der Waals surface area contributed by atoms with Crippen molar-refractivity contribution in [3.8, 4) is 11.3 Å². The second kappa shape index (κ2) is 11.8. The van der Waals surface area contributed by atoms with Crippen molar-refractivity contribution in [2.24, 2.45) is 0 Å². The molecule has 4 aromatic rings. The Bertz CT molecular complexity index is 1330. The van der Waals surface area contributed by atoms with Gasteiger partial charge in [-0.2, -0.15) is 0 Å². The van der Waals surface area contributed by atoms with Crippen molar-refractivity contribution in [3.05, 3.63) is 105 Å². The molecule has 0 unspecified atom stereocenters. The van der Waals surface area contributed by atoms with Crippen LogP contribution >= 0.6 is 22.9 Å². The van der Waals surface area contributed by atoms with E-state index in [0.717, 1.165) is 34.5 Å². The second-order valence-corrected chi connectivity index (χ2v) is 10.4. The zero-order valence-corrected chi connectivity index (χ0v) is 21.8. The number of thiophene rings is 1. The third-order valence-corrected chi connectivity index (χ3v) is 7.75. The minimum Gasteiger partial charge on any atom is -0.376 e. The number of halogens is 1. The van der Waals surface area contributed by atoms with Gasteiger partial charge < -0.3 is 19.9 Å². The molecule has 0 radical (unpaired) electrons. The summed E-state index contributed by atoms with van der Waals surface area (Å²) in [5.74, 6) is -0.527. The molecule has 5 rings (SSSR count). The SMILES string of the molecule is O=C(NC[C@H]1CCCO1)[C@H](c1cccs1)N(Cc1ccccc1Cl)C(=O)c1ccc(-c2ccccc2)[nH]1. The Labute approximate surface area is 225 Å². The Hall–Kier alpha value is -3.39. The molecule has 0 bridgehead atoms. The van der Waals surface area contributed by atoms with Gasteiger partial charge in [0.05, 0.1) is 6.10 Å². The highest BCUT2D eigenvalue weighted by Gasteiger charge is 2.34. The number of nitrogens with zero attached hydrogens (tertiary/aromatic N) is 1. The number of nitrogens with one attached hydrogen (secondary N) is 2. The molecule has 0 aliphatic carbocycles. The van der Waals surface area contributed by atoms with E-state index in [9.17, 15) is 9.59 Å². The third kappa shape index (κ3) is 5.96. The first-order valence-electron chi connectivity index (χ1n) is 12.3. The number of carbonyl (C=O) groups is 2. The lowest BCUT2D eigenvalue weighted by atomic mass is 10.1. The molecule has 0 spiro atoms. The van der Waals surface area contributed by atoms with E-state index in [1.54, 1.807) is 17.0 Å². The van der Waals surface area contributed by atoms with Gasteiger partial charge in [0.1, 0.15) is 11.7 Å². The number of amides is 2. The highest BCUT2D eigenvalue weighted by atomic mass is 35.5. The van der Waals surface area contributed by atoms with Gasteiger partial charge in [-0.25, -0.2) is 0 Å². The fourth-order valence-electron chi connectivity index (χ4n) is 4.54. The van der Waals surface area contributed by atoms with Crippen LogP contribution in [0.25, 0.3) is 11.3 Å². The monoisotopic (exact) mass is 533 g/mol. The summed E-state index contributed by atoms with van der Waals surface area (Å²) in [6, 6.07) is 23.8. The minimum atomic E-state index is -0.825. The average molecular weight is 534 g/mol. The van der Waals surface area contributed by atoms with Crippen molar-refractivity contribution in [2.45, 2.75) is 31.5 Å². The lowest BCUT2D eigenvalue weighted by Gasteiger charge is -2.31. The van der Waals surface area contributed by atoms with E-state index in [4.69, 9.17) is 16.3 Å². The molecule has 8 heteroatoms. The lowest BCUT2D eigenvalue weighted by Crippen LogP contribution is -2.45. The average Bonchev–Trinajstić information content (AvgIpc) is 3.72. The van der Waals surface area contributed by atoms with Gasteiger partial charge in [0.15, 0.2) is 0 Å². The predicted octanol–water partition coefficient (Wildman–Crippen LogP) is 6.08. The molecule has 1 saturated heterocycles. The van der Waals surface area contributed by atoms with Crippen LogP contribution in [-0.4, -0.2) is 41.0 Å². The molecule has 2 N–H and O–H groups in total. The number of H-pyrrole nitrogens is 1. The molecular formula is C29H28ClN3O3S. The molecule has 2 aromatic carbocycles. The van der Waals surface area contributed by atoms with Gasteiger partial charge in [-0.3, -0.25) is 9.59 Å². The number of hydrogen-bond donors (Lipinski definition) is 2. The lowest BCUT2D eigenvalue weighted by molar-refractivity contribution is -0.126. The summed E-state index contributed by atoms with van der Waals surface area (Å²) in [7, 11) is 0. The summed E-state index contributed by atoms with van der Waals surface area (Å²) in [4.78, 5) is 33.4. The van der Waals surface area contributed by atoms with Crippen molar-refractivity contribution in [1.29, 1.82) is 0 Å². The van der Waals surface area contributed by atoms with Crippen LogP contribution in [0.2, 0.25) is 5.02 Å². The Balaban J connectivity index is 1.49. The van der Waals surface area contributed by atoms with E-state index < -0.39 is 6.04 Å². The van der Waals surface area contributed by atoms with Gasteiger partial charge in [-0.05, 0) is 53.6 Å². The summed E-state index contributed by atoms with van der Waals surface area (Å²) < 4.78 is 5.69. The minimum absolute atomic E-state index is 0.00232. The number of hydrogen-bond acceptors (Lipinski definition) is 4. The number of aromatic nitrogens is 1. The standard InChI is InChI=1S/C29H28ClN3O3S/c30-23-12-5-4-10-21(23)19-33(29(35)25-15-14-24(32-25)20-8-2-1-3-9-20)27(26-13-7-17-37-26)28(34)31-18-22-11-6-16-36-22/h1-5,7-10,12-15,17,22,27,32H,6,11,16,18-19H2,(H,31,34)/t22-,27+/m1/s1. The molecule has 1 fully saturated rings. The third-order valence-electron chi connectivity index (χ3n) is 6.46. The van der Waals surface area contributed by atoms with Crippen molar-refractivity contribution >= 4 is 34.8 Å². The zero-order valence-electron chi connectivity index (χ0n) is 20.2. The maximum absolute atomic E-state index is 14.1. The highest BCUT2D eigenvalue weighted by Crippen LogP contribution is 2.31. The number of ether oxygens (including phenoxy) is 1. The van der Waals surface area contributed by atoms with Crippen LogP contribution in [0.4, 0.5) is 0 Å². The molecule has 2 aromatic heterocycles. The number of carbonyl (C=O) groups excluding carboxylic acids is 2. The molecule has 37 heavy (non-hydrogen) atoms. The number of benzene rings is 2. The van der Waals surface area contributed by atoms with Crippen LogP contribution in [0.15, 0.2) is 84.2 Å². The summed E-state index contributed by atoms with van der Waals surface area (Å²) in [6.07, 6.45) is 1.90. The Morgan fingerprint density at radius 1 is 1.05 bits per heavy atom. The van der Waals surface area contributed by atoms with Crippen LogP contribution in [0.3, 0.4) is 0 Å². The maximum Gasteiger partial charge on any atom is 0.271 e. The Morgan fingerprint density at radius 2 is 1.86 bits per heavy atom. The summed E-state index contributed by atoms with van der Waals surface area (Å²) in [5.41, 5.74) is 2.97. The molecule has 2 amide bonds. The molecule has 1 aliphatic heterocycles. The molecule has 0 saturated carbocycles. The first kappa shape index (κ1) is 25.3. The van der Waals surface area contributed by atoms with E-state index >= 15 is 0 Å². The molecule has 190 valence electrons. The van der Waals surface area contributed by atoms with Crippen LogP contribution in [0.1, 0.15) is 39.8 Å². The smallest absolute Gasteiger partial charge is 0.271 e. The molecule has 3 heterocycles. The van der Waals surface area contributed by atoms with Crippen molar-refractivity contribution in [2.75, 3.05) is 13.2 Å². The van der Waals surface area contributed by atoms with Gasteiger partial charge in [0.25, 0.3) is 5.91 Å². The zero-order chi connectivity index (χ0) is 25.6. The second-order valence-electron chi connectivity index (χ2n) is 8.97. The summed E-state index contributed by atoms with van der Waals surface area (Å²) in [5, 5.41) is 5.49. The highest BCUT2D eigenvalue weighted by molar-refractivity contribution is 7.10. The predicted molar refractivity (Wildman–Crippen MR) is 147 cm³/mol. The fourth-order valence-corrected chi connectivity index (χ4v) is 5.57. The van der Waals surface area contributed by atoms with Crippen molar-refractivity contribution in [3.63, 3.8) is 0 Å². The van der Waals surface area contributed by atoms with Crippen LogP contribution in [-0.2, 0) is 16.1 Å². The molecule has 1 aliphatic rings. The number of rotatable bonds is 9. The van der Waals surface area contributed by atoms with Gasteiger partial charge in [0.2, 0.25) is 5.91 Å². The topological polar surface area (TPSA) is 74.4 Å². The first-order chi connectivity index (χ1) is 18.1. The molecule has 2 atom stereocenters. The fraction of sp³-hybridized carbons (Fsp3) is 0.241. The van der Waals surface area contributed by atoms with Crippen LogP contribution in [0, 0.1) is 0 Å². The molecular weight excluding hydrogens is 506 g/mol. The number of aromatic amines is 1. The van der Waals surface area contributed by atoms with E-state index in [1.165, 1.54) is 11.3 Å². The van der Waals surface area contributed by atoms with Gasteiger partial charge in [-0.1, -0.05) is 66.2 Å². The van der Waals surface area contributed by atoms with Crippen LogP contribution in [0.5, 0.6) is 0 Å². The molecule has 6 nitrogen and oxygen atoms in total. The van der Waals surface area contributed by atoms with Crippen molar-refractivity contribution < 1.29 is 14.3 Å². The van der Waals surface area contributed by atoms with E-state index in [1.807, 2.05) is 72.1 Å². The van der Waals surface area contributed by atoms with E-state index in [2.05, 4.69) is 10.3 Å². The van der Waals surface area contributed by atoms with Gasteiger partial charge >= 0.3 is 0 Å². The first-order valence-corrected chi connectivity index (χ1v) is 13.6. The summed E-state index contributed by atoms with van der Waals surface area (Å²) >= 11 is 7.95. The van der Waals surface area contributed by atoms with Gasteiger partial charge in [-0.15, -0.1) is 11.3 Å². The maximum atomic E-state index is 14.1. The van der Waals surface area contributed by atoms with E-state index in [-0.39, 0.29) is 24.5 Å². The van der Waals surface area contributed by atoms with Crippen LogP contribution < -0.4 is 5.32 Å². The van der Waals surface area contributed by atoms with E-state index in [0.29, 0.717) is 23.9 Å². The van der Waals surface area contributed by atoms with Gasteiger partial charge in [0, 0.05) is 35.3 Å². The largest absolute Gasteiger partial charge is 0.376 e. The normalized spacial score (nSPS) is 15.9. The van der Waals surface area contributed by atoms with Crippen molar-refractivity contribution in [1.82, 2.24) is 15.2 Å². The Morgan fingerprint density at radius 3 is 2.59 bits per heavy atom. The Kier molecular flexibility index (Phi) is 8.04. The quantitative estimate of drug-likeness (QED) is 0.274. The summed E-state index contributed by atoms with van der Waals surface area (Å²) in [6.45, 7) is 1.30.